The molecule has 0 bridgehead atoms. The highest BCUT2D eigenvalue weighted by atomic mass is 14.6. The van der Waals surface area contributed by atoms with Crippen molar-refractivity contribution >= 4 is 0 Å². The molecule has 16 heavy (non-hydrogen) atoms. The lowest BCUT2D eigenvalue weighted by Gasteiger charge is -2.63. The summed E-state index contributed by atoms with van der Waals surface area (Å²) in [6.07, 6.45) is 4.13. The summed E-state index contributed by atoms with van der Waals surface area (Å²) in [7, 11) is 0. The molecule has 1 aliphatic carbocycles. The summed E-state index contributed by atoms with van der Waals surface area (Å²) < 4.78 is 0. The topological polar surface area (TPSA) is 0 Å². The Morgan fingerprint density at radius 3 is 1.88 bits per heavy atom. The first kappa shape index (κ1) is 14.1. The number of rotatable bonds is 5. The minimum Gasteiger partial charge on any atom is -0.0651 e. The molecular weight excluding hydrogens is 192 g/mol. The zero-order chi connectivity index (χ0) is 12.5. The van der Waals surface area contributed by atoms with E-state index in [2.05, 4.69) is 48.5 Å². The van der Waals surface area contributed by atoms with E-state index >= 15 is 0 Å². The van der Waals surface area contributed by atoms with E-state index in [0.29, 0.717) is 5.41 Å². The molecule has 0 nitrogen and oxygen atoms in total. The zero-order valence-corrected chi connectivity index (χ0v) is 12.5. The molecular formula is C16H32. The van der Waals surface area contributed by atoms with Gasteiger partial charge in [-0.15, -0.1) is 0 Å². The van der Waals surface area contributed by atoms with E-state index in [9.17, 15) is 0 Å². The van der Waals surface area contributed by atoms with E-state index in [0.717, 1.165) is 29.6 Å². The van der Waals surface area contributed by atoms with E-state index < -0.39 is 0 Å². The summed E-state index contributed by atoms with van der Waals surface area (Å²) >= 11 is 0. The number of hydrogen-bond acceptors (Lipinski definition) is 0. The fourth-order valence-corrected chi connectivity index (χ4v) is 4.57. The Hall–Kier alpha value is 0. The van der Waals surface area contributed by atoms with Crippen LogP contribution in [0.3, 0.4) is 0 Å². The van der Waals surface area contributed by atoms with Gasteiger partial charge in [-0.25, -0.2) is 0 Å². The molecule has 0 saturated heterocycles. The summed E-state index contributed by atoms with van der Waals surface area (Å²) in [4.78, 5) is 0. The Kier molecular flexibility index (Phi) is 4.49. The number of hydrogen-bond donors (Lipinski definition) is 0. The molecule has 0 aromatic carbocycles. The molecule has 0 radical (unpaired) electrons. The van der Waals surface area contributed by atoms with Gasteiger partial charge in [0.05, 0.1) is 0 Å². The van der Waals surface area contributed by atoms with Crippen molar-refractivity contribution in [3.63, 3.8) is 0 Å². The maximum absolute atomic E-state index is 2.55. The molecule has 1 aliphatic rings. The fraction of sp³-hybridized carbons (Fsp3) is 1.00. The molecule has 5 unspecified atom stereocenters. The highest BCUT2D eigenvalue weighted by Crippen LogP contribution is 2.63. The second kappa shape index (κ2) is 5.10. The van der Waals surface area contributed by atoms with Crippen molar-refractivity contribution in [2.24, 2.45) is 35.0 Å². The molecule has 96 valence electrons. The van der Waals surface area contributed by atoms with Gasteiger partial charge in [-0.05, 0) is 35.0 Å². The van der Waals surface area contributed by atoms with Crippen LogP contribution in [0.15, 0.2) is 0 Å². The first-order valence-corrected chi connectivity index (χ1v) is 7.43. The van der Waals surface area contributed by atoms with Crippen molar-refractivity contribution in [3.05, 3.63) is 0 Å². The molecule has 0 aromatic heterocycles. The van der Waals surface area contributed by atoms with Crippen LogP contribution in [-0.4, -0.2) is 0 Å². The fourth-order valence-electron chi connectivity index (χ4n) is 4.57. The zero-order valence-electron chi connectivity index (χ0n) is 12.5. The lowest BCUT2D eigenvalue weighted by molar-refractivity contribution is -0.151. The first-order chi connectivity index (χ1) is 7.43. The van der Waals surface area contributed by atoms with E-state index in [1.165, 1.54) is 19.3 Å². The second-order valence-electron chi connectivity index (χ2n) is 6.58. The van der Waals surface area contributed by atoms with Crippen LogP contribution in [0.2, 0.25) is 0 Å². The summed E-state index contributed by atoms with van der Waals surface area (Å²) in [5, 5.41) is 0. The average Bonchev–Trinajstić information content (AvgIpc) is 2.25. The van der Waals surface area contributed by atoms with Gasteiger partial charge in [-0.2, -0.15) is 0 Å². The largest absolute Gasteiger partial charge is 0.0651 e. The van der Waals surface area contributed by atoms with E-state index in [1.807, 2.05) is 0 Å². The molecule has 0 aromatic rings. The van der Waals surface area contributed by atoms with Crippen molar-refractivity contribution in [2.45, 2.75) is 67.7 Å². The Morgan fingerprint density at radius 1 is 1.00 bits per heavy atom. The third-order valence-corrected chi connectivity index (χ3v) is 5.88. The molecule has 0 amide bonds. The molecule has 0 spiro atoms. The summed E-state index contributed by atoms with van der Waals surface area (Å²) in [6.45, 7) is 17.0. The van der Waals surface area contributed by atoms with E-state index in [4.69, 9.17) is 0 Å². The predicted molar refractivity (Wildman–Crippen MR) is 73.5 cm³/mol. The monoisotopic (exact) mass is 224 g/mol. The predicted octanol–water partition coefficient (Wildman–Crippen LogP) is 5.38. The molecule has 5 atom stereocenters. The van der Waals surface area contributed by atoms with Crippen molar-refractivity contribution < 1.29 is 0 Å². The lowest BCUT2D eigenvalue weighted by atomic mass is 9.42. The SMILES string of the molecule is CCC1C(CC)C(C)(CC)C1C(C)C(C)C. The smallest absolute Gasteiger partial charge is 0.0264 e. The van der Waals surface area contributed by atoms with Crippen LogP contribution in [0, 0.1) is 35.0 Å². The van der Waals surface area contributed by atoms with Gasteiger partial charge >= 0.3 is 0 Å². The van der Waals surface area contributed by atoms with E-state index in [-0.39, 0.29) is 0 Å². The van der Waals surface area contributed by atoms with Crippen LogP contribution < -0.4 is 0 Å². The molecule has 1 rings (SSSR count). The van der Waals surface area contributed by atoms with Crippen LogP contribution in [0.5, 0.6) is 0 Å². The molecule has 1 fully saturated rings. The van der Waals surface area contributed by atoms with Gasteiger partial charge < -0.3 is 0 Å². The molecule has 0 heteroatoms. The van der Waals surface area contributed by atoms with E-state index in [1.54, 1.807) is 0 Å². The summed E-state index contributed by atoms with van der Waals surface area (Å²) in [6, 6.07) is 0. The summed E-state index contributed by atoms with van der Waals surface area (Å²) in [5.41, 5.74) is 0.624. The minimum absolute atomic E-state index is 0.624. The lowest BCUT2D eigenvalue weighted by Crippen LogP contribution is -2.57. The van der Waals surface area contributed by atoms with Crippen molar-refractivity contribution in [3.8, 4) is 0 Å². The highest BCUT2D eigenvalue weighted by Gasteiger charge is 2.57. The standard InChI is InChI=1S/C16H32/c1-8-13-14(9-2)16(7,10-3)15(13)12(6)11(4)5/h11-15H,8-10H2,1-7H3. The van der Waals surface area contributed by atoms with Gasteiger partial charge in [0.25, 0.3) is 0 Å². The minimum atomic E-state index is 0.624. The van der Waals surface area contributed by atoms with Crippen LogP contribution in [-0.2, 0) is 0 Å². The molecule has 0 heterocycles. The normalized spacial score (nSPS) is 40.9. The van der Waals surface area contributed by atoms with Gasteiger partial charge in [0.2, 0.25) is 0 Å². The van der Waals surface area contributed by atoms with Gasteiger partial charge in [-0.3, -0.25) is 0 Å². The van der Waals surface area contributed by atoms with Crippen molar-refractivity contribution in [1.82, 2.24) is 0 Å². The Bertz CT molecular complexity index is 218. The van der Waals surface area contributed by atoms with Gasteiger partial charge in [0.1, 0.15) is 0 Å². The first-order valence-electron chi connectivity index (χ1n) is 7.43. The Morgan fingerprint density at radius 2 is 1.56 bits per heavy atom. The van der Waals surface area contributed by atoms with Crippen LogP contribution in [0.25, 0.3) is 0 Å². The molecule has 0 N–H and O–H groups in total. The van der Waals surface area contributed by atoms with Crippen LogP contribution in [0.1, 0.15) is 67.7 Å². The third kappa shape index (κ3) is 1.93. The van der Waals surface area contributed by atoms with Crippen LogP contribution in [0.4, 0.5) is 0 Å². The van der Waals surface area contributed by atoms with Gasteiger partial charge in [0, 0.05) is 0 Å². The quantitative estimate of drug-likeness (QED) is 0.588. The Labute approximate surface area is 103 Å². The average molecular weight is 224 g/mol. The van der Waals surface area contributed by atoms with Gasteiger partial charge in [-0.1, -0.05) is 67.7 Å². The maximum Gasteiger partial charge on any atom is -0.0264 e. The summed E-state index contributed by atoms with van der Waals surface area (Å²) in [5.74, 6) is 4.66. The van der Waals surface area contributed by atoms with Gasteiger partial charge in [0.15, 0.2) is 0 Å². The Balaban J connectivity index is 2.88. The van der Waals surface area contributed by atoms with Crippen molar-refractivity contribution in [2.75, 3.05) is 0 Å². The second-order valence-corrected chi connectivity index (χ2v) is 6.58. The third-order valence-electron chi connectivity index (χ3n) is 5.88. The van der Waals surface area contributed by atoms with Crippen molar-refractivity contribution in [1.29, 1.82) is 0 Å². The molecule has 1 saturated carbocycles. The molecule has 0 aliphatic heterocycles. The highest BCUT2D eigenvalue weighted by molar-refractivity contribution is 5.05. The van der Waals surface area contributed by atoms with Crippen LogP contribution >= 0.6 is 0 Å². The maximum atomic E-state index is 2.55.